The molecule has 222 valence electrons. The highest BCUT2D eigenvalue weighted by Gasteiger charge is 2.20. The van der Waals surface area contributed by atoms with E-state index in [0.29, 0.717) is 11.1 Å². The largest absolute Gasteiger partial charge is 0.309 e. The van der Waals surface area contributed by atoms with Crippen molar-refractivity contribution in [1.29, 1.82) is 10.5 Å². The molecule has 0 aliphatic heterocycles. The molecule has 0 amide bonds. The first kappa shape index (κ1) is 27.4. The van der Waals surface area contributed by atoms with Crippen LogP contribution in [0.1, 0.15) is 11.1 Å². The van der Waals surface area contributed by atoms with Crippen molar-refractivity contribution < 1.29 is 0 Å². The van der Waals surface area contributed by atoms with Gasteiger partial charge in [0.05, 0.1) is 51.0 Å². The normalized spacial score (nSPS) is 11.3. The Bertz CT molecular complexity index is 2750. The molecule has 0 unspecified atom stereocenters. The van der Waals surface area contributed by atoms with E-state index in [1.165, 1.54) is 21.8 Å². The van der Waals surface area contributed by atoms with Crippen LogP contribution >= 0.6 is 0 Å². The number of aromatic nitrogens is 2. The zero-order valence-corrected chi connectivity index (χ0v) is 25.8. The van der Waals surface area contributed by atoms with E-state index >= 15 is 0 Å². The second kappa shape index (κ2) is 10.9. The molecule has 0 saturated heterocycles. The lowest BCUT2D eigenvalue weighted by molar-refractivity contribution is 1.18. The van der Waals surface area contributed by atoms with Gasteiger partial charge in [-0.3, -0.25) is 0 Å². The van der Waals surface area contributed by atoms with Crippen molar-refractivity contribution in [3.05, 3.63) is 169 Å². The molecule has 0 radical (unpaired) electrons. The molecule has 9 rings (SSSR count). The molecule has 7 aromatic carbocycles. The van der Waals surface area contributed by atoms with E-state index in [4.69, 9.17) is 0 Å². The van der Waals surface area contributed by atoms with Crippen LogP contribution in [0.3, 0.4) is 0 Å². The summed E-state index contributed by atoms with van der Waals surface area (Å²) in [6.45, 7) is 0. The van der Waals surface area contributed by atoms with Gasteiger partial charge in [0.1, 0.15) is 0 Å². The fourth-order valence-corrected chi connectivity index (χ4v) is 7.35. The summed E-state index contributed by atoms with van der Waals surface area (Å²) in [5.41, 5.74) is 11.7. The molecule has 0 aliphatic carbocycles. The second-order valence-electron chi connectivity index (χ2n) is 12.0. The molecule has 0 saturated carbocycles. The van der Waals surface area contributed by atoms with Gasteiger partial charge in [0.15, 0.2) is 0 Å². The highest BCUT2D eigenvalue weighted by Crippen LogP contribution is 2.41. The van der Waals surface area contributed by atoms with Gasteiger partial charge in [0.25, 0.3) is 0 Å². The van der Waals surface area contributed by atoms with Crippen LogP contribution in [0.5, 0.6) is 0 Å². The Morgan fingerprint density at radius 3 is 1.67 bits per heavy atom. The van der Waals surface area contributed by atoms with Crippen molar-refractivity contribution >= 4 is 43.6 Å². The van der Waals surface area contributed by atoms with Crippen LogP contribution < -0.4 is 0 Å². The minimum Gasteiger partial charge on any atom is -0.309 e. The maximum absolute atomic E-state index is 10.0. The number of hydrogen-bond donors (Lipinski definition) is 0. The van der Waals surface area contributed by atoms with Crippen molar-refractivity contribution in [3.63, 3.8) is 0 Å². The Labute approximate surface area is 277 Å². The van der Waals surface area contributed by atoms with Crippen LogP contribution in [-0.2, 0) is 0 Å². The number of nitrogens with zero attached hydrogens (tertiary/aromatic N) is 4. The van der Waals surface area contributed by atoms with E-state index < -0.39 is 0 Å². The van der Waals surface area contributed by atoms with E-state index in [-0.39, 0.29) is 0 Å². The Morgan fingerprint density at radius 1 is 0.417 bits per heavy atom. The Morgan fingerprint density at radius 2 is 1.00 bits per heavy atom. The fraction of sp³-hybridized carbons (Fsp3) is 0. The van der Waals surface area contributed by atoms with Gasteiger partial charge >= 0.3 is 0 Å². The number of fused-ring (bicyclic) bond motifs is 6. The molecule has 0 fully saturated rings. The summed E-state index contributed by atoms with van der Waals surface area (Å²) in [7, 11) is 0. The molecule has 4 heteroatoms. The molecule has 0 spiro atoms. The molecule has 0 atom stereocenters. The number of nitriles is 2. The van der Waals surface area contributed by atoms with Gasteiger partial charge in [-0.05, 0) is 77.4 Å². The molecule has 2 heterocycles. The Kier molecular flexibility index (Phi) is 6.22. The average Bonchev–Trinajstić information content (AvgIpc) is 3.68. The van der Waals surface area contributed by atoms with Crippen LogP contribution in [-0.4, -0.2) is 9.13 Å². The fourth-order valence-electron chi connectivity index (χ4n) is 7.35. The van der Waals surface area contributed by atoms with Crippen LogP contribution in [0.15, 0.2) is 158 Å². The second-order valence-corrected chi connectivity index (χ2v) is 12.0. The summed E-state index contributed by atoms with van der Waals surface area (Å²) in [5.74, 6) is 0. The first-order valence-corrected chi connectivity index (χ1v) is 15.9. The molecule has 48 heavy (non-hydrogen) atoms. The van der Waals surface area contributed by atoms with Gasteiger partial charge in [-0.25, -0.2) is 0 Å². The van der Waals surface area contributed by atoms with E-state index in [9.17, 15) is 10.5 Å². The maximum atomic E-state index is 10.0. The lowest BCUT2D eigenvalue weighted by Crippen LogP contribution is -1.99. The minimum absolute atomic E-state index is 0.587. The topological polar surface area (TPSA) is 57.4 Å². The predicted octanol–water partition coefficient (Wildman–Crippen LogP) is 11.0. The summed E-state index contributed by atoms with van der Waals surface area (Å²) in [5, 5.41) is 24.5. The monoisotopic (exact) mass is 610 g/mol. The maximum Gasteiger partial charge on any atom is 0.0998 e. The van der Waals surface area contributed by atoms with Gasteiger partial charge in [0, 0.05) is 32.8 Å². The zero-order valence-electron chi connectivity index (χ0n) is 25.8. The van der Waals surface area contributed by atoms with E-state index in [2.05, 4.69) is 130 Å². The van der Waals surface area contributed by atoms with Crippen molar-refractivity contribution in [1.82, 2.24) is 9.13 Å². The minimum atomic E-state index is 0.587. The van der Waals surface area contributed by atoms with Gasteiger partial charge in [0.2, 0.25) is 0 Å². The highest BCUT2D eigenvalue weighted by molar-refractivity contribution is 6.12. The summed E-state index contributed by atoms with van der Waals surface area (Å²) in [6, 6.07) is 59.0. The summed E-state index contributed by atoms with van der Waals surface area (Å²) in [4.78, 5) is 0. The van der Waals surface area contributed by atoms with Crippen LogP contribution in [0.4, 0.5) is 0 Å². The van der Waals surface area contributed by atoms with Crippen LogP contribution in [0.25, 0.3) is 77.2 Å². The van der Waals surface area contributed by atoms with Crippen molar-refractivity contribution in [2.45, 2.75) is 0 Å². The van der Waals surface area contributed by atoms with Crippen LogP contribution in [0.2, 0.25) is 0 Å². The van der Waals surface area contributed by atoms with Crippen molar-refractivity contribution in [3.8, 4) is 45.8 Å². The standard InChI is InChI=1S/C44H26N4/c45-27-29-20-25-42(48-41-18-8-5-15-37(41)44-31(28-46)10-9-19-43(44)48)38(26-29)34-12-2-1-11-33(34)30-21-23-32(24-22-30)47-39-16-6-3-13-35(39)36-14-4-7-17-40(36)47/h1-26H. The smallest absolute Gasteiger partial charge is 0.0998 e. The summed E-state index contributed by atoms with van der Waals surface area (Å²) in [6.07, 6.45) is 0. The SMILES string of the molecule is N#Cc1ccc(-n2c3ccccc3c3c(C#N)cccc32)c(-c2ccccc2-c2ccc(-n3c4ccccc4c4ccccc43)cc2)c1. The average molecular weight is 611 g/mol. The van der Waals surface area contributed by atoms with Gasteiger partial charge < -0.3 is 9.13 Å². The summed E-state index contributed by atoms with van der Waals surface area (Å²) < 4.78 is 4.55. The van der Waals surface area contributed by atoms with Crippen molar-refractivity contribution in [2.75, 3.05) is 0 Å². The molecule has 9 aromatic rings. The molecule has 0 N–H and O–H groups in total. The third-order valence-electron chi connectivity index (χ3n) is 9.42. The van der Waals surface area contributed by atoms with E-state index in [0.717, 1.165) is 55.4 Å². The quantitative estimate of drug-likeness (QED) is 0.199. The number of para-hydroxylation sites is 3. The predicted molar refractivity (Wildman–Crippen MR) is 195 cm³/mol. The molecule has 0 aliphatic rings. The van der Waals surface area contributed by atoms with E-state index in [1.54, 1.807) is 0 Å². The Balaban J connectivity index is 1.24. The first-order chi connectivity index (χ1) is 23.7. The highest BCUT2D eigenvalue weighted by atomic mass is 15.0. The number of benzene rings is 7. The lowest BCUT2D eigenvalue weighted by Gasteiger charge is -2.18. The van der Waals surface area contributed by atoms with Crippen molar-refractivity contribution in [2.24, 2.45) is 0 Å². The number of rotatable bonds is 4. The Hall–Kier alpha value is -6.88. The van der Waals surface area contributed by atoms with Crippen LogP contribution in [0, 0.1) is 22.7 Å². The molecular weight excluding hydrogens is 585 g/mol. The number of hydrogen-bond acceptors (Lipinski definition) is 2. The summed E-state index contributed by atoms with van der Waals surface area (Å²) >= 11 is 0. The molecular formula is C44H26N4. The van der Waals surface area contributed by atoms with Gasteiger partial charge in [-0.1, -0.05) is 97.1 Å². The molecule has 4 nitrogen and oxygen atoms in total. The zero-order chi connectivity index (χ0) is 32.2. The van der Waals surface area contributed by atoms with Gasteiger partial charge in [-0.2, -0.15) is 10.5 Å². The lowest BCUT2D eigenvalue weighted by atomic mass is 9.92. The third-order valence-corrected chi connectivity index (χ3v) is 9.42. The molecule has 2 aromatic heterocycles. The molecule has 0 bridgehead atoms. The third kappa shape index (κ3) is 4.07. The first-order valence-electron chi connectivity index (χ1n) is 15.9. The van der Waals surface area contributed by atoms with Gasteiger partial charge in [-0.15, -0.1) is 0 Å². The van der Waals surface area contributed by atoms with E-state index in [1.807, 2.05) is 48.5 Å².